The number of carbonyl (C=O) groups is 2. The van der Waals surface area contributed by atoms with Crippen LogP contribution in [0.1, 0.15) is 142 Å². The first-order valence-corrected chi connectivity index (χ1v) is 20.9. The number of hydrogen-bond donors (Lipinski definition) is 1. The van der Waals surface area contributed by atoms with E-state index in [2.05, 4.69) is 62.5 Å². The average molecular weight is 727 g/mol. The summed E-state index contributed by atoms with van der Waals surface area (Å²) in [6.07, 6.45) is 35.9. The van der Waals surface area contributed by atoms with Crippen molar-refractivity contribution >= 4 is 19.8 Å². The molecule has 0 bridgehead atoms. The summed E-state index contributed by atoms with van der Waals surface area (Å²) in [5.41, 5.74) is 0. The maximum atomic E-state index is 12.6. The van der Waals surface area contributed by atoms with Gasteiger partial charge < -0.3 is 18.9 Å². The second kappa shape index (κ2) is 32.8. The van der Waals surface area contributed by atoms with Crippen molar-refractivity contribution in [2.24, 2.45) is 0 Å². The van der Waals surface area contributed by atoms with E-state index in [1.807, 2.05) is 21.1 Å². The van der Waals surface area contributed by atoms with Gasteiger partial charge in [0.05, 0.1) is 27.7 Å². The van der Waals surface area contributed by atoms with Gasteiger partial charge in [0, 0.05) is 12.8 Å². The Kier molecular flexibility index (Phi) is 31.5. The van der Waals surface area contributed by atoms with Crippen LogP contribution in [0.3, 0.4) is 0 Å². The molecule has 0 aromatic heterocycles. The van der Waals surface area contributed by atoms with Gasteiger partial charge in [0.2, 0.25) is 0 Å². The van der Waals surface area contributed by atoms with Crippen LogP contribution in [0, 0.1) is 0 Å². The van der Waals surface area contributed by atoms with Crippen LogP contribution in [0.5, 0.6) is 0 Å². The number of hydrogen-bond acceptors (Lipinski definition) is 7. The van der Waals surface area contributed by atoms with E-state index in [0.29, 0.717) is 23.9 Å². The molecule has 0 aromatic rings. The van der Waals surface area contributed by atoms with Gasteiger partial charge in [-0.2, -0.15) is 0 Å². The number of ether oxygens (including phenoxy) is 2. The minimum Gasteiger partial charge on any atom is -0.462 e. The van der Waals surface area contributed by atoms with E-state index < -0.39 is 32.5 Å². The summed E-state index contributed by atoms with van der Waals surface area (Å²) in [5, 5.41) is 0. The molecule has 0 radical (unpaired) electrons. The summed E-state index contributed by atoms with van der Waals surface area (Å²) < 4.78 is 34.1. The van der Waals surface area contributed by atoms with Gasteiger partial charge in [0.25, 0.3) is 0 Å². The second-order valence-electron chi connectivity index (χ2n) is 14.0. The molecule has 1 unspecified atom stereocenters. The fourth-order valence-electron chi connectivity index (χ4n) is 4.70. The SMILES string of the molecule is CCCC/C=C\CCCCCCCC(=O)O[C@H](COC(=O)CCCC/C=C\C/C=C\C/C=C\CCCCC)COP(=O)(O)OCC[N+](C)(C)C. The topological polar surface area (TPSA) is 108 Å². The van der Waals surface area contributed by atoms with Gasteiger partial charge in [-0.1, -0.05) is 107 Å². The van der Waals surface area contributed by atoms with Crippen LogP contribution in [0.25, 0.3) is 0 Å². The van der Waals surface area contributed by atoms with Crippen molar-refractivity contribution in [2.45, 2.75) is 148 Å². The van der Waals surface area contributed by atoms with Crippen LogP contribution in [-0.4, -0.2) is 74.9 Å². The lowest BCUT2D eigenvalue weighted by Crippen LogP contribution is -2.37. The second-order valence-corrected chi connectivity index (χ2v) is 15.4. The summed E-state index contributed by atoms with van der Waals surface area (Å²) in [7, 11) is 1.44. The molecule has 0 heterocycles. The number of carbonyl (C=O) groups excluding carboxylic acids is 2. The molecule has 0 amide bonds. The first kappa shape index (κ1) is 48.0. The van der Waals surface area contributed by atoms with Crippen molar-refractivity contribution in [3.8, 4) is 0 Å². The highest BCUT2D eigenvalue weighted by molar-refractivity contribution is 7.47. The number of esters is 2. The lowest BCUT2D eigenvalue weighted by molar-refractivity contribution is -0.870. The summed E-state index contributed by atoms with van der Waals surface area (Å²) >= 11 is 0. The Bertz CT molecular complexity index is 1000. The summed E-state index contributed by atoms with van der Waals surface area (Å²) in [6, 6.07) is 0. The number of nitrogens with zero attached hydrogens (tertiary/aromatic N) is 1. The zero-order chi connectivity index (χ0) is 37.2. The minimum atomic E-state index is -4.38. The van der Waals surface area contributed by atoms with E-state index in [0.717, 1.165) is 70.6 Å². The quantitative estimate of drug-likeness (QED) is 0.0230. The molecule has 0 aliphatic carbocycles. The van der Waals surface area contributed by atoms with E-state index >= 15 is 0 Å². The first-order chi connectivity index (χ1) is 24.0. The molecule has 0 saturated heterocycles. The van der Waals surface area contributed by atoms with E-state index in [9.17, 15) is 19.0 Å². The largest absolute Gasteiger partial charge is 0.472 e. The van der Waals surface area contributed by atoms with Crippen LogP contribution in [0.4, 0.5) is 0 Å². The van der Waals surface area contributed by atoms with Gasteiger partial charge in [-0.3, -0.25) is 18.6 Å². The van der Waals surface area contributed by atoms with Crippen molar-refractivity contribution in [1.29, 1.82) is 0 Å². The Morgan fingerprint density at radius 3 is 1.72 bits per heavy atom. The molecule has 9 nitrogen and oxygen atoms in total. The van der Waals surface area contributed by atoms with Crippen LogP contribution in [0.15, 0.2) is 48.6 Å². The number of allylic oxidation sites excluding steroid dienone is 8. The third-order valence-electron chi connectivity index (χ3n) is 7.83. The molecule has 0 aliphatic rings. The van der Waals surface area contributed by atoms with Crippen molar-refractivity contribution in [1.82, 2.24) is 0 Å². The molecule has 1 N–H and O–H groups in total. The van der Waals surface area contributed by atoms with Gasteiger partial charge in [0.15, 0.2) is 6.10 Å². The van der Waals surface area contributed by atoms with E-state index in [4.69, 9.17) is 18.5 Å². The fourth-order valence-corrected chi connectivity index (χ4v) is 5.45. The standard InChI is InChI=1S/C40H72NO8P/c1-6-8-10-12-14-16-18-19-20-21-23-24-26-28-30-32-39(42)46-36-38(37-48-50(44,45)47-35-34-41(3,4)5)49-40(43)33-31-29-27-25-22-17-15-13-11-9-7-2/h13-16,19-20,23-24,38H,6-12,17-18,21-22,25-37H2,1-5H3/p+1/b15-13-,16-14-,20-19-,24-23-/t38-/m1/s1. The van der Waals surface area contributed by atoms with Crippen LogP contribution < -0.4 is 0 Å². The number of phosphoric ester groups is 1. The molecule has 0 saturated carbocycles. The maximum absolute atomic E-state index is 12.6. The predicted octanol–water partition coefficient (Wildman–Crippen LogP) is 10.3. The molecule has 0 fully saturated rings. The molecule has 0 rings (SSSR count). The molecule has 50 heavy (non-hydrogen) atoms. The average Bonchev–Trinajstić information content (AvgIpc) is 3.06. The zero-order valence-electron chi connectivity index (χ0n) is 32.4. The molecule has 10 heteroatoms. The number of rotatable bonds is 34. The zero-order valence-corrected chi connectivity index (χ0v) is 33.3. The fraction of sp³-hybridized carbons (Fsp3) is 0.750. The molecule has 0 spiro atoms. The molecule has 290 valence electrons. The monoisotopic (exact) mass is 727 g/mol. The normalized spacial score (nSPS) is 14.3. The van der Waals surface area contributed by atoms with E-state index in [1.54, 1.807) is 0 Å². The van der Waals surface area contributed by atoms with Crippen molar-refractivity contribution in [3.05, 3.63) is 48.6 Å². The number of quaternary nitrogens is 1. The van der Waals surface area contributed by atoms with E-state index in [1.165, 1.54) is 32.1 Å². The van der Waals surface area contributed by atoms with Crippen molar-refractivity contribution in [2.75, 3.05) is 47.5 Å². The van der Waals surface area contributed by atoms with Crippen LogP contribution in [-0.2, 0) is 32.7 Å². The van der Waals surface area contributed by atoms with Crippen molar-refractivity contribution < 1.29 is 42.1 Å². The Morgan fingerprint density at radius 1 is 0.620 bits per heavy atom. The van der Waals surface area contributed by atoms with E-state index in [-0.39, 0.29) is 26.1 Å². The highest BCUT2D eigenvalue weighted by Crippen LogP contribution is 2.43. The van der Waals surface area contributed by atoms with Gasteiger partial charge in [-0.05, 0) is 70.6 Å². The molecule has 2 atom stereocenters. The molecular formula is C40H73NO8P+. The predicted molar refractivity (Wildman–Crippen MR) is 206 cm³/mol. The summed E-state index contributed by atoms with van der Waals surface area (Å²) in [4.78, 5) is 35.1. The summed E-state index contributed by atoms with van der Waals surface area (Å²) in [5.74, 6) is -0.861. The number of likely N-dealkylation sites (N-methyl/N-ethyl adjacent to an activating group) is 1. The Morgan fingerprint density at radius 2 is 1.10 bits per heavy atom. The highest BCUT2D eigenvalue weighted by Gasteiger charge is 2.27. The smallest absolute Gasteiger partial charge is 0.462 e. The van der Waals surface area contributed by atoms with Crippen LogP contribution in [0.2, 0.25) is 0 Å². The third-order valence-corrected chi connectivity index (χ3v) is 8.82. The summed E-state index contributed by atoms with van der Waals surface area (Å²) in [6.45, 7) is 4.27. The lowest BCUT2D eigenvalue weighted by Gasteiger charge is -2.24. The number of phosphoric acid groups is 1. The van der Waals surface area contributed by atoms with Crippen LogP contribution >= 0.6 is 7.82 Å². The maximum Gasteiger partial charge on any atom is 0.472 e. The van der Waals surface area contributed by atoms with Gasteiger partial charge >= 0.3 is 19.8 Å². The minimum absolute atomic E-state index is 0.0224. The van der Waals surface area contributed by atoms with Gasteiger partial charge in [-0.25, -0.2) is 4.57 Å². The molecule has 0 aliphatic heterocycles. The third kappa shape index (κ3) is 35.8. The molecular weight excluding hydrogens is 653 g/mol. The molecule has 0 aromatic carbocycles. The Labute approximate surface area is 305 Å². The Hall–Kier alpha value is -2.03. The Balaban J connectivity index is 4.52. The highest BCUT2D eigenvalue weighted by atomic mass is 31.2. The van der Waals surface area contributed by atoms with Gasteiger partial charge in [0.1, 0.15) is 19.8 Å². The number of unbranched alkanes of at least 4 members (excludes halogenated alkanes) is 12. The van der Waals surface area contributed by atoms with Crippen molar-refractivity contribution in [3.63, 3.8) is 0 Å². The lowest BCUT2D eigenvalue weighted by atomic mass is 10.1. The first-order valence-electron chi connectivity index (χ1n) is 19.4. The van der Waals surface area contributed by atoms with Gasteiger partial charge in [-0.15, -0.1) is 0 Å².